The third-order valence-electron chi connectivity index (χ3n) is 3.34. The lowest BCUT2D eigenvalue weighted by molar-refractivity contribution is 0.617. The van der Waals surface area contributed by atoms with Crippen LogP contribution in [0.2, 0.25) is 0 Å². The maximum absolute atomic E-state index is 5.82. The molecule has 0 radical (unpaired) electrons. The highest BCUT2D eigenvalue weighted by molar-refractivity contribution is 5.81. The lowest BCUT2D eigenvalue weighted by Gasteiger charge is -2.07. The molecule has 0 amide bonds. The van der Waals surface area contributed by atoms with E-state index in [1.54, 1.807) is 4.68 Å². The lowest BCUT2D eigenvalue weighted by Crippen LogP contribution is -1.97. The Morgan fingerprint density at radius 3 is 2.63 bits per heavy atom. The third kappa shape index (κ3) is 1.87. The van der Waals surface area contributed by atoms with Gasteiger partial charge in [0.15, 0.2) is 0 Å². The normalized spacial score (nSPS) is 11.6. The zero-order valence-electron chi connectivity index (χ0n) is 11.3. The minimum Gasteiger partial charge on any atom is -0.384 e. The van der Waals surface area contributed by atoms with E-state index in [9.17, 15) is 0 Å². The molecule has 2 N–H and O–H groups in total. The fourth-order valence-electron chi connectivity index (χ4n) is 2.23. The summed E-state index contributed by atoms with van der Waals surface area (Å²) >= 11 is 0. The minimum absolute atomic E-state index is 0.404. The first kappa shape index (κ1) is 11.8. The summed E-state index contributed by atoms with van der Waals surface area (Å²) in [7, 11) is 1.84. The molecule has 0 aliphatic heterocycles. The van der Waals surface area contributed by atoms with E-state index >= 15 is 0 Å². The molecule has 0 bridgehead atoms. The Balaban J connectivity index is 2.12. The molecule has 19 heavy (non-hydrogen) atoms. The first-order chi connectivity index (χ1) is 9.06. The topological polar surface area (TPSA) is 61.7 Å². The molecule has 0 atom stereocenters. The second kappa shape index (κ2) is 4.12. The number of imidazole rings is 1. The molecule has 0 aliphatic rings. The van der Waals surface area contributed by atoms with Crippen LogP contribution in [-0.2, 0) is 7.05 Å². The number of fused-ring (bicyclic) bond motifs is 1. The van der Waals surface area contributed by atoms with Crippen molar-refractivity contribution in [3.05, 3.63) is 30.6 Å². The Kier molecular flexibility index (Phi) is 2.55. The van der Waals surface area contributed by atoms with Gasteiger partial charge < -0.3 is 10.3 Å². The number of aryl methyl sites for hydroxylation is 1. The number of rotatable bonds is 2. The van der Waals surface area contributed by atoms with Gasteiger partial charge in [0.25, 0.3) is 0 Å². The second-order valence-corrected chi connectivity index (χ2v) is 5.03. The van der Waals surface area contributed by atoms with Crippen molar-refractivity contribution < 1.29 is 0 Å². The number of nitrogens with zero attached hydrogens (tertiary/aromatic N) is 4. The summed E-state index contributed by atoms with van der Waals surface area (Å²) in [6.45, 7) is 4.29. The Morgan fingerprint density at radius 1 is 1.21 bits per heavy atom. The molecule has 0 saturated carbocycles. The van der Waals surface area contributed by atoms with Gasteiger partial charge in [-0.25, -0.2) is 4.98 Å². The van der Waals surface area contributed by atoms with E-state index < -0.39 is 0 Å². The monoisotopic (exact) mass is 255 g/mol. The van der Waals surface area contributed by atoms with Crippen LogP contribution in [-0.4, -0.2) is 19.3 Å². The summed E-state index contributed by atoms with van der Waals surface area (Å²) in [5.74, 6) is 0.655. The fraction of sp³-hybridized carbons (Fsp3) is 0.286. The average Bonchev–Trinajstić information content (AvgIpc) is 2.93. The molecule has 3 rings (SSSR count). The quantitative estimate of drug-likeness (QED) is 0.765. The number of nitrogen functional groups attached to an aromatic ring is 1. The Morgan fingerprint density at radius 2 is 2.00 bits per heavy atom. The van der Waals surface area contributed by atoms with Crippen molar-refractivity contribution in [2.75, 3.05) is 5.73 Å². The van der Waals surface area contributed by atoms with E-state index in [-0.39, 0.29) is 0 Å². The molecule has 0 saturated heterocycles. The summed E-state index contributed by atoms with van der Waals surface area (Å²) in [6.07, 6.45) is 1.88. The van der Waals surface area contributed by atoms with Crippen molar-refractivity contribution in [1.82, 2.24) is 19.3 Å². The molecule has 5 nitrogen and oxygen atoms in total. The van der Waals surface area contributed by atoms with Crippen molar-refractivity contribution in [3.63, 3.8) is 0 Å². The van der Waals surface area contributed by atoms with Gasteiger partial charge in [0.05, 0.1) is 23.1 Å². The van der Waals surface area contributed by atoms with Crippen LogP contribution in [0, 0.1) is 0 Å². The number of aromatic nitrogens is 4. The molecular weight excluding hydrogens is 238 g/mol. The zero-order valence-corrected chi connectivity index (χ0v) is 11.3. The highest BCUT2D eigenvalue weighted by Gasteiger charge is 2.09. The van der Waals surface area contributed by atoms with Gasteiger partial charge in [-0.1, -0.05) is 6.07 Å². The van der Waals surface area contributed by atoms with Crippen LogP contribution in [0.5, 0.6) is 0 Å². The molecule has 98 valence electrons. The largest absolute Gasteiger partial charge is 0.384 e. The van der Waals surface area contributed by atoms with Gasteiger partial charge in [0.2, 0.25) is 0 Å². The highest BCUT2D eigenvalue weighted by atomic mass is 15.3. The van der Waals surface area contributed by atoms with Crippen LogP contribution < -0.4 is 5.73 Å². The van der Waals surface area contributed by atoms with Crippen molar-refractivity contribution >= 4 is 16.9 Å². The predicted molar refractivity (Wildman–Crippen MR) is 76.7 cm³/mol. The molecule has 2 aromatic heterocycles. The van der Waals surface area contributed by atoms with Crippen LogP contribution >= 0.6 is 0 Å². The average molecular weight is 255 g/mol. The maximum atomic E-state index is 5.82. The molecule has 0 fully saturated rings. The number of nitrogens with two attached hydrogens (primary N) is 1. The van der Waals surface area contributed by atoms with E-state index in [2.05, 4.69) is 46.7 Å². The van der Waals surface area contributed by atoms with Crippen molar-refractivity contribution in [3.8, 4) is 11.3 Å². The van der Waals surface area contributed by atoms with E-state index in [1.165, 1.54) is 0 Å². The second-order valence-electron chi connectivity index (χ2n) is 5.03. The molecular formula is C14H17N5. The SMILES string of the molecule is CC(C)n1cnc2cc(-c3cc(N)n(C)n3)ccc21. The Bertz CT molecular complexity index is 716. The third-order valence-corrected chi connectivity index (χ3v) is 3.34. The summed E-state index contributed by atoms with van der Waals surface area (Å²) in [5.41, 5.74) is 9.85. The van der Waals surface area contributed by atoms with Gasteiger partial charge in [0.1, 0.15) is 5.82 Å². The van der Waals surface area contributed by atoms with Gasteiger partial charge in [0, 0.05) is 24.7 Å². The summed E-state index contributed by atoms with van der Waals surface area (Å²) < 4.78 is 3.83. The van der Waals surface area contributed by atoms with Crippen molar-refractivity contribution in [2.24, 2.45) is 7.05 Å². The lowest BCUT2D eigenvalue weighted by atomic mass is 10.1. The summed E-state index contributed by atoms with van der Waals surface area (Å²) in [5, 5.41) is 4.39. The van der Waals surface area contributed by atoms with E-state index in [1.807, 2.05) is 19.4 Å². The maximum Gasteiger partial charge on any atom is 0.121 e. The van der Waals surface area contributed by atoms with Gasteiger partial charge in [-0.3, -0.25) is 4.68 Å². The van der Waals surface area contributed by atoms with Gasteiger partial charge in [-0.05, 0) is 26.0 Å². The van der Waals surface area contributed by atoms with Crippen LogP contribution in [0.3, 0.4) is 0 Å². The van der Waals surface area contributed by atoms with E-state index in [0.717, 1.165) is 22.3 Å². The number of hydrogen-bond acceptors (Lipinski definition) is 3. The molecule has 2 heterocycles. The predicted octanol–water partition coefficient (Wildman–Crippen LogP) is 2.60. The van der Waals surface area contributed by atoms with Crippen LogP contribution in [0.4, 0.5) is 5.82 Å². The van der Waals surface area contributed by atoms with E-state index in [4.69, 9.17) is 5.73 Å². The van der Waals surface area contributed by atoms with Gasteiger partial charge in [-0.2, -0.15) is 5.10 Å². The molecule has 5 heteroatoms. The van der Waals surface area contributed by atoms with Crippen LogP contribution in [0.15, 0.2) is 30.6 Å². The standard InChI is InChI=1S/C14H17N5/c1-9(2)19-8-16-12-6-10(4-5-13(12)19)11-7-14(15)18(3)17-11/h4-9H,15H2,1-3H3. The molecule has 1 aromatic carbocycles. The molecule has 3 aromatic rings. The Hall–Kier alpha value is -2.30. The summed E-state index contributed by atoms with van der Waals surface area (Å²) in [4.78, 5) is 4.45. The fourth-order valence-corrected chi connectivity index (χ4v) is 2.23. The molecule has 0 aliphatic carbocycles. The first-order valence-electron chi connectivity index (χ1n) is 6.32. The van der Waals surface area contributed by atoms with E-state index in [0.29, 0.717) is 11.9 Å². The minimum atomic E-state index is 0.404. The van der Waals surface area contributed by atoms with Gasteiger partial charge >= 0.3 is 0 Å². The first-order valence-corrected chi connectivity index (χ1v) is 6.32. The van der Waals surface area contributed by atoms with Crippen molar-refractivity contribution in [2.45, 2.75) is 19.9 Å². The molecule has 0 spiro atoms. The van der Waals surface area contributed by atoms with Crippen molar-refractivity contribution in [1.29, 1.82) is 0 Å². The summed E-state index contributed by atoms with van der Waals surface area (Å²) in [6, 6.07) is 8.48. The number of hydrogen-bond donors (Lipinski definition) is 1. The smallest absolute Gasteiger partial charge is 0.121 e. The number of benzene rings is 1. The van der Waals surface area contributed by atoms with Crippen LogP contribution in [0.25, 0.3) is 22.3 Å². The van der Waals surface area contributed by atoms with Gasteiger partial charge in [-0.15, -0.1) is 0 Å². The molecule has 0 unspecified atom stereocenters. The number of anilines is 1. The highest BCUT2D eigenvalue weighted by Crippen LogP contribution is 2.25. The zero-order chi connectivity index (χ0) is 13.6. The van der Waals surface area contributed by atoms with Crippen LogP contribution in [0.1, 0.15) is 19.9 Å². The Labute approximate surface area is 111 Å².